The minimum absolute atomic E-state index is 0. The molecule has 3 N–H and O–H groups in total. The zero-order valence-electron chi connectivity index (χ0n) is 12.8. The van der Waals surface area contributed by atoms with Gasteiger partial charge in [0.25, 0.3) is 5.89 Å². The molecule has 3 aromatic rings. The van der Waals surface area contributed by atoms with E-state index in [0.717, 1.165) is 25.7 Å². The Labute approximate surface area is 144 Å². The van der Waals surface area contributed by atoms with Crippen LogP contribution in [0.25, 0.3) is 22.7 Å². The van der Waals surface area contributed by atoms with Crippen molar-refractivity contribution in [3.05, 3.63) is 42.1 Å². The summed E-state index contributed by atoms with van der Waals surface area (Å²) in [5.41, 5.74) is 7.31. The molecule has 0 spiro atoms. The monoisotopic (exact) mass is 349 g/mol. The number of benzene rings is 1. The molecule has 126 valence electrons. The molecule has 8 heteroatoms. The van der Waals surface area contributed by atoms with Gasteiger partial charge in [-0.1, -0.05) is 30.1 Å². The van der Waals surface area contributed by atoms with Crippen molar-refractivity contribution in [2.24, 2.45) is 5.73 Å². The maximum absolute atomic E-state index is 14.0. The summed E-state index contributed by atoms with van der Waals surface area (Å²) in [4.78, 5) is 4.44. The SMILES string of the molecule is Cl.NC1(c2noc(-c3cn[nH]c3-c3ccccc3F)n2)CCCC1. The number of aromatic nitrogens is 4. The number of halogens is 2. The Morgan fingerprint density at radius 3 is 2.67 bits per heavy atom. The van der Waals surface area contributed by atoms with E-state index >= 15 is 0 Å². The molecular weight excluding hydrogens is 333 g/mol. The van der Waals surface area contributed by atoms with Gasteiger partial charge < -0.3 is 10.3 Å². The molecule has 0 aliphatic heterocycles. The Hall–Kier alpha value is -2.25. The Kier molecular flexibility index (Phi) is 4.38. The van der Waals surface area contributed by atoms with Gasteiger partial charge in [-0.15, -0.1) is 12.4 Å². The fraction of sp³-hybridized carbons (Fsp3) is 0.312. The van der Waals surface area contributed by atoms with Gasteiger partial charge in [0.1, 0.15) is 5.82 Å². The molecule has 0 amide bonds. The highest BCUT2D eigenvalue weighted by Crippen LogP contribution is 2.36. The third-order valence-electron chi connectivity index (χ3n) is 4.38. The average molecular weight is 350 g/mol. The molecule has 2 heterocycles. The van der Waals surface area contributed by atoms with Crippen LogP contribution in [-0.4, -0.2) is 20.3 Å². The molecule has 1 aromatic carbocycles. The van der Waals surface area contributed by atoms with Crippen LogP contribution in [0.4, 0.5) is 4.39 Å². The fourth-order valence-corrected chi connectivity index (χ4v) is 3.08. The van der Waals surface area contributed by atoms with E-state index in [1.165, 1.54) is 6.07 Å². The first-order valence-corrected chi connectivity index (χ1v) is 7.59. The molecule has 0 unspecified atom stereocenters. The van der Waals surface area contributed by atoms with Gasteiger partial charge in [-0.05, 0) is 25.0 Å². The maximum atomic E-state index is 14.0. The van der Waals surface area contributed by atoms with Gasteiger partial charge >= 0.3 is 0 Å². The van der Waals surface area contributed by atoms with E-state index in [0.29, 0.717) is 28.5 Å². The first-order chi connectivity index (χ1) is 11.2. The second-order valence-electron chi connectivity index (χ2n) is 5.92. The molecule has 1 saturated carbocycles. The Bertz CT molecular complexity index is 840. The number of hydrogen-bond acceptors (Lipinski definition) is 5. The van der Waals surface area contributed by atoms with Gasteiger partial charge in [0, 0.05) is 5.56 Å². The van der Waals surface area contributed by atoms with Crippen molar-refractivity contribution in [1.29, 1.82) is 0 Å². The van der Waals surface area contributed by atoms with Crippen molar-refractivity contribution in [2.45, 2.75) is 31.2 Å². The minimum atomic E-state index is -0.524. The zero-order chi connectivity index (χ0) is 15.9. The number of nitrogens with two attached hydrogens (primary N) is 1. The standard InChI is InChI=1S/C16H16FN5O.ClH/c17-12-6-2-1-5-10(12)13-11(9-19-21-13)14-20-15(22-23-14)16(18)7-3-4-8-16;/h1-2,5-6,9H,3-4,7-8,18H2,(H,19,21);1H. The van der Waals surface area contributed by atoms with Crippen LogP contribution in [0.15, 0.2) is 35.0 Å². The first-order valence-electron chi connectivity index (χ1n) is 7.59. The summed E-state index contributed by atoms with van der Waals surface area (Å²) in [6.07, 6.45) is 5.37. The fourth-order valence-electron chi connectivity index (χ4n) is 3.08. The topological polar surface area (TPSA) is 93.6 Å². The molecule has 4 rings (SSSR count). The Morgan fingerprint density at radius 1 is 1.17 bits per heavy atom. The largest absolute Gasteiger partial charge is 0.334 e. The van der Waals surface area contributed by atoms with Gasteiger partial charge in [0.15, 0.2) is 5.82 Å². The van der Waals surface area contributed by atoms with Crippen molar-refractivity contribution in [3.8, 4) is 22.7 Å². The van der Waals surface area contributed by atoms with Crippen molar-refractivity contribution >= 4 is 12.4 Å². The van der Waals surface area contributed by atoms with E-state index in [4.69, 9.17) is 10.3 Å². The number of H-pyrrole nitrogens is 1. The lowest BCUT2D eigenvalue weighted by molar-refractivity contribution is 0.372. The quantitative estimate of drug-likeness (QED) is 0.755. The predicted molar refractivity (Wildman–Crippen MR) is 88.9 cm³/mol. The molecule has 0 saturated heterocycles. The summed E-state index contributed by atoms with van der Waals surface area (Å²) in [6, 6.07) is 6.46. The van der Waals surface area contributed by atoms with E-state index in [1.807, 2.05) is 0 Å². The van der Waals surface area contributed by atoms with Gasteiger partial charge in [-0.3, -0.25) is 5.10 Å². The van der Waals surface area contributed by atoms with Crippen molar-refractivity contribution < 1.29 is 8.91 Å². The highest BCUT2D eigenvalue weighted by Gasteiger charge is 2.36. The summed E-state index contributed by atoms with van der Waals surface area (Å²) in [6.45, 7) is 0. The van der Waals surface area contributed by atoms with Crippen LogP contribution in [0.3, 0.4) is 0 Å². The van der Waals surface area contributed by atoms with Crippen LogP contribution in [0.5, 0.6) is 0 Å². The van der Waals surface area contributed by atoms with E-state index in [1.54, 1.807) is 24.4 Å². The summed E-state index contributed by atoms with van der Waals surface area (Å²) in [5, 5.41) is 10.8. The van der Waals surface area contributed by atoms with Crippen LogP contribution in [0.2, 0.25) is 0 Å². The Morgan fingerprint density at radius 2 is 1.92 bits per heavy atom. The van der Waals surface area contributed by atoms with Crippen LogP contribution in [0.1, 0.15) is 31.5 Å². The highest BCUT2D eigenvalue weighted by atomic mass is 35.5. The Balaban J connectivity index is 0.00000169. The summed E-state index contributed by atoms with van der Waals surface area (Å²) < 4.78 is 19.4. The normalized spacial score (nSPS) is 16.1. The number of nitrogens with one attached hydrogen (secondary N) is 1. The number of hydrogen-bond donors (Lipinski definition) is 2. The lowest BCUT2D eigenvalue weighted by atomic mass is 9.98. The lowest BCUT2D eigenvalue weighted by Gasteiger charge is -2.17. The lowest BCUT2D eigenvalue weighted by Crippen LogP contribution is -2.34. The van der Waals surface area contributed by atoms with Gasteiger partial charge in [-0.2, -0.15) is 10.1 Å². The number of rotatable bonds is 3. The molecule has 1 aliphatic rings. The highest BCUT2D eigenvalue weighted by molar-refractivity contribution is 5.85. The zero-order valence-corrected chi connectivity index (χ0v) is 13.6. The van der Waals surface area contributed by atoms with E-state index in [2.05, 4.69) is 20.3 Å². The van der Waals surface area contributed by atoms with Crippen LogP contribution < -0.4 is 5.73 Å². The molecular formula is C16H17ClFN5O. The molecule has 1 aliphatic carbocycles. The van der Waals surface area contributed by atoms with E-state index in [9.17, 15) is 4.39 Å². The van der Waals surface area contributed by atoms with Crippen LogP contribution in [0, 0.1) is 5.82 Å². The minimum Gasteiger partial charge on any atom is -0.334 e. The van der Waals surface area contributed by atoms with Crippen molar-refractivity contribution in [2.75, 3.05) is 0 Å². The molecule has 1 fully saturated rings. The predicted octanol–water partition coefficient (Wildman–Crippen LogP) is 3.42. The molecule has 0 radical (unpaired) electrons. The van der Waals surface area contributed by atoms with Gasteiger partial charge in [0.05, 0.1) is 23.0 Å². The average Bonchev–Trinajstić information content (AvgIpc) is 3.27. The second-order valence-corrected chi connectivity index (χ2v) is 5.92. The van der Waals surface area contributed by atoms with Gasteiger partial charge in [0.2, 0.25) is 0 Å². The third-order valence-corrected chi connectivity index (χ3v) is 4.38. The van der Waals surface area contributed by atoms with Crippen molar-refractivity contribution in [3.63, 3.8) is 0 Å². The molecule has 0 bridgehead atoms. The van der Waals surface area contributed by atoms with Gasteiger partial charge in [-0.25, -0.2) is 4.39 Å². The second kappa shape index (κ2) is 6.33. The van der Waals surface area contributed by atoms with E-state index in [-0.39, 0.29) is 18.2 Å². The first kappa shape index (κ1) is 16.6. The third kappa shape index (κ3) is 2.70. The van der Waals surface area contributed by atoms with Crippen LogP contribution >= 0.6 is 12.4 Å². The summed E-state index contributed by atoms with van der Waals surface area (Å²) >= 11 is 0. The van der Waals surface area contributed by atoms with Crippen molar-refractivity contribution in [1.82, 2.24) is 20.3 Å². The number of nitrogens with zero attached hydrogens (tertiary/aromatic N) is 3. The summed E-state index contributed by atoms with van der Waals surface area (Å²) in [5.74, 6) is 0.457. The van der Waals surface area contributed by atoms with E-state index < -0.39 is 5.54 Å². The molecule has 24 heavy (non-hydrogen) atoms. The maximum Gasteiger partial charge on any atom is 0.261 e. The van der Waals surface area contributed by atoms with Crippen LogP contribution in [-0.2, 0) is 5.54 Å². The molecule has 2 aromatic heterocycles. The smallest absolute Gasteiger partial charge is 0.261 e. The molecule has 0 atom stereocenters. The summed E-state index contributed by atoms with van der Waals surface area (Å²) in [7, 11) is 0. The number of aromatic amines is 1. The molecule has 6 nitrogen and oxygen atoms in total.